The van der Waals surface area contributed by atoms with Crippen LogP contribution in [0.4, 0.5) is 0 Å². The van der Waals surface area contributed by atoms with Crippen LogP contribution >= 0.6 is 0 Å². The van der Waals surface area contributed by atoms with Gasteiger partial charge in [0.25, 0.3) is 0 Å². The van der Waals surface area contributed by atoms with Crippen LogP contribution in [-0.2, 0) is 17.1 Å². The van der Waals surface area contributed by atoms with Crippen molar-refractivity contribution in [2.75, 3.05) is 0 Å². The molecule has 0 nitrogen and oxygen atoms in total. The van der Waals surface area contributed by atoms with Crippen LogP contribution in [0.1, 0.15) is 27.2 Å². The van der Waals surface area contributed by atoms with Gasteiger partial charge in [-0.3, -0.25) is 0 Å². The van der Waals surface area contributed by atoms with E-state index in [4.69, 9.17) is 0 Å². The summed E-state index contributed by atoms with van der Waals surface area (Å²) in [5, 5.41) is 1.59. The predicted molar refractivity (Wildman–Crippen MR) is 30.2 cm³/mol. The predicted octanol–water partition coefficient (Wildman–Crippen LogP) is 2.73. The van der Waals surface area contributed by atoms with Crippen molar-refractivity contribution >= 4 is 0 Å². The first-order valence-electron chi connectivity index (χ1n) is 3.27. The molecule has 0 fully saturated rings. The van der Waals surface area contributed by atoms with Gasteiger partial charge in [-0.2, -0.15) is 0 Å². The summed E-state index contributed by atoms with van der Waals surface area (Å²) in [5.74, 6) is 0. The second-order valence-corrected chi connectivity index (χ2v) is 8.66. The van der Waals surface area contributed by atoms with Crippen LogP contribution in [0.5, 0.6) is 0 Å². The summed E-state index contributed by atoms with van der Waals surface area (Å²) in [5.41, 5.74) is 0. The fourth-order valence-corrected chi connectivity index (χ4v) is 3.18. The van der Waals surface area contributed by atoms with Crippen molar-refractivity contribution < 1.29 is 17.1 Å². The van der Waals surface area contributed by atoms with Gasteiger partial charge in [0.05, 0.1) is 0 Å². The number of rotatable bonds is 3. The van der Waals surface area contributed by atoms with E-state index in [0.29, 0.717) is 0 Å². The second-order valence-electron chi connectivity index (χ2n) is 2.54. The number of hydrogen-bond donors (Lipinski definition) is 0. The van der Waals surface area contributed by atoms with Crippen LogP contribution in [0.25, 0.3) is 0 Å². The second kappa shape index (κ2) is 4.77. The quantitative estimate of drug-likeness (QED) is 0.544. The molecule has 0 aromatic rings. The summed E-state index contributed by atoms with van der Waals surface area (Å²) in [4.78, 5) is 0. The molecule has 1 heteroatoms. The van der Waals surface area contributed by atoms with Crippen molar-refractivity contribution in [3.05, 3.63) is 0 Å². The van der Waals surface area contributed by atoms with Crippen LogP contribution in [0.15, 0.2) is 0 Å². The fraction of sp³-hybridized carbons (Fsp3) is 1.00. The van der Waals surface area contributed by atoms with Crippen molar-refractivity contribution in [2.45, 2.75) is 36.7 Å². The Morgan fingerprint density at radius 3 is 2.14 bits per heavy atom. The molecule has 0 amide bonds. The summed E-state index contributed by atoms with van der Waals surface area (Å²) < 4.78 is 1.09. The van der Waals surface area contributed by atoms with Crippen LogP contribution in [0.2, 0.25) is 9.53 Å². The first-order chi connectivity index (χ1) is 3.27. The van der Waals surface area contributed by atoms with Gasteiger partial charge in [0.2, 0.25) is 0 Å². The molecule has 0 aliphatic carbocycles. The van der Waals surface area contributed by atoms with Crippen molar-refractivity contribution in [1.29, 1.82) is 0 Å². The van der Waals surface area contributed by atoms with E-state index < -0.39 is 0 Å². The maximum absolute atomic E-state index is 2.36. The van der Waals surface area contributed by atoms with Crippen molar-refractivity contribution in [2.24, 2.45) is 0 Å². The van der Waals surface area contributed by atoms with Gasteiger partial charge in [-0.25, -0.2) is 0 Å². The molecule has 0 aliphatic heterocycles. The standard InChI is InChI=1S/2C3H7.Zn/c2*1-3-2;/h3H,1-2H3;1,3H2,2H3;. The van der Waals surface area contributed by atoms with Gasteiger partial charge < -0.3 is 0 Å². The van der Waals surface area contributed by atoms with Crippen molar-refractivity contribution in [3.8, 4) is 0 Å². The van der Waals surface area contributed by atoms with E-state index in [1.165, 1.54) is 6.42 Å². The van der Waals surface area contributed by atoms with Crippen LogP contribution in [0.3, 0.4) is 0 Å². The molecule has 0 saturated carbocycles. The summed E-state index contributed by atoms with van der Waals surface area (Å²) in [6.45, 7) is 7.00. The third kappa shape index (κ3) is 6.62. The molecular weight excluding hydrogens is 137 g/mol. The minimum absolute atomic E-state index is 0.0226. The summed E-state index contributed by atoms with van der Waals surface area (Å²) in [7, 11) is 0. The van der Waals surface area contributed by atoms with Crippen LogP contribution in [-0.4, -0.2) is 0 Å². The zero-order chi connectivity index (χ0) is 5.70. The van der Waals surface area contributed by atoms with E-state index in [0.717, 1.165) is 4.51 Å². The van der Waals surface area contributed by atoms with Gasteiger partial charge in [0.1, 0.15) is 0 Å². The minimum atomic E-state index is -0.0226. The Morgan fingerprint density at radius 2 is 2.00 bits per heavy atom. The molecule has 0 N–H and O–H groups in total. The molecule has 0 radical (unpaired) electrons. The molecule has 0 heterocycles. The Balaban J connectivity index is 2.68. The van der Waals surface area contributed by atoms with Gasteiger partial charge in [-0.15, -0.1) is 0 Å². The Labute approximate surface area is 54.3 Å². The molecule has 0 rings (SSSR count). The van der Waals surface area contributed by atoms with Gasteiger partial charge in [-0.1, -0.05) is 0 Å². The van der Waals surface area contributed by atoms with E-state index in [1.54, 1.807) is 5.02 Å². The summed E-state index contributed by atoms with van der Waals surface area (Å²) in [6.07, 6.45) is 1.43. The Bertz CT molecular complexity index is 33.2. The number of hydrogen-bond acceptors (Lipinski definition) is 0. The zero-order valence-corrected chi connectivity index (χ0v) is 8.67. The molecule has 0 aliphatic rings. The van der Waals surface area contributed by atoms with Gasteiger partial charge in [0, 0.05) is 0 Å². The topological polar surface area (TPSA) is 0 Å². The maximum atomic E-state index is 2.36. The molecule has 0 spiro atoms. The average molecular weight is 152 g/mol. The molecule has 0 saturated heterocycles. The molecule has 40 valence electrons. The van der Waals surface area contributed by atoms with E-state index in [2.05, 4.69) is 20.8 Å². The molecule has 0 aromatic heterocycles. The first-order valence-corrected chi connectivity index (χ1v) is 7.08. The Hall–Kier alpha value is 0.623. The van der Waals surface area contributed by atoms with Gasteiger partial charge >= 0.3 is 53.8 Å². The molecule has 0 aromatic carbocycles. The monoisotopic (exact) mass is 150 g/mol. The Morgan fingerprint density at radius 1 is 1.43 bits per heavy atom. The first kappa shape index (κ1) is 7.62. The van der Waals surface area contributed by atoms with E-state index in [9.17, 15) is 0 Å². The van der Waals surface area contributed by atoms with Crippen LogP contribution in [0, 0.1) is 0 Å². The summed E-state index contributed by atoms with van der Waals surface area (Å²) in [6, 6.07) is 0. The Kier molecular flexibility index (Phi) is 5.20. The van der Waals surface area contributed by atoms with Crippen molar-refractivity contribution in [3.63, 3.8) is 0 Å². The fourth-order valence-electron chi connectivity index (χ4n) is 0.612. The van der Waals surface area contributed by atoms with Gasteiger partial charge in [0.15, 0.2) is 0 Å². The van der Waals surface area contributed by atoms with E-state index >= 15 is 0 Å². The molecule has 0 bridgehead atoms. The van der Waals surface area contributed by atoms with Crippen LogP contribution < -0.4 is 0 Å². The van der Waals surface area contributed by atoms with E-state index in [1.807, 2.05) is 0 Å². The van der Waals surface area contributed by atoms with Crippen molar-refractivity contribution in [1.82, 2.24) is 0 Å². The molecule has 0 atom stereocenters. The third-order valence-corrected chi connectivity index (χ3v) is 5.90. The van der Waals surface area contributed by atoms with Gasteiger partial charge in [-0.05, 0) is 0 Å². The third-order valence-electron chi connectivity index (χ3n) is 1.14. The molecule has 7 heavy (non-hydrogen) atoms. The summed E-state index contributed by atoms with van der Waals surface area (Å²) >= 11 is -0.0226. The van der Waals surface area contributed by atoms with E-state index in [-0.39, 0.29) is 17.1 Å². The average Bonchev–Trinajstić information content (AvgIpc) is 1.61. The molecule has 0 unspecified atom stereocenters. The zero-order valence-electron chi connectivity index (χ0n) is 5.70. The SMILES string of the molecule is CC[CH2][Zn][CH](C)C. The normalized spacial score (nSPS) is 9.14. The molecular formula is C6H14Zn.